The van der Waals surface area contributed by atoms with Crippen LogP contribution < -0.4 is 10.2 Å². The molecule has 6 nitrogen and oxygen atoms in total. The summed E-state index contributed by atoms with van der Waals surface area (Å²) in [6, 6.07) is 15.2. The van der Waals surface area contributed by atoms with Crippen molar-refractivity contribution in [3.05, 3.63) is 65.7 Å². The van der Waals surface area contributed by atoms with Gasteiger partial charge in [0.1, 0.15) is 0 Å². The summed E-state index contributed by atoms with van der Waals surface area (Å²) in [4.78, 5) is 18.6. The van der Waals surface area contributed by atoms with E-state index in [0.717, 1.165) is 24.7 Å². The SMILES string of the molecule is O=C(NCc1ccccc1)N1CCOC(CN2CCN(c3cccc(C(F)(F)F)c3)CC2)C1. The Bertz CT molecular complexity index is 917. The highest BCUT2D eigenvalue weighted by Crippen LogP contribution is 2.31. The molecule has 0 spiro atoms. The van der Waals surface area contributed by atoms with Crippen LogP contribution in [0.1, 0.15) is 11.1 Å². The summed E-state index contributed by atoms with van der Waals surface area (Å²) in [6.45, 7) is 5.51. The van der Waals surface area contributed by atoms with Gasteiger partial charge < -0.3 is 19.9 Å². The van der Waals surface area contributed by atoms with Crippen LogP contribution in [0.2, 0.25) is 0 Å². The number of rotatable bonds is 5. The zero-order valence-corrected chi connectivity index (χ0v) is 18.4. The summed E-state index contributed by atoms with van der Waals surface area (Å²) >= 11 is 0. The summed E-state index contributed by atoms with van der Waals surface area (Å²) in [7, 11) is 0. The Hall–Kier alpha value is -2.78. The van der Waals surface area contributed by atoms with Gasteiger partial charge in [0.15, 0.2) is 0 Å². The highest BCUT2D eigenvalue weighted by Gasteiger charge is 2.31. The van der Waals surface area contributed by atoms with Crippen LogP contribution in [0, 0.1) is 0 Å². The molecule has 178 valence electrons. The smallest absolute Gasteiger partial charge is 0.373 e. The summed E-state index contributed by atoms with van der Waals surface area (Å²) < 4.78 is 44.9. The topological polar surface area (TPSA) is 48.1 Å². The summed E-state index contributed by atoms with van der Waals surface area (Å²) in [5.41, 5.74) is 1.03. The number of alkyl halides is 3. The Labute approximate surface area is 191 Å². The predicted molar refractivity (Wildman–Crippen MR) is 120 cm³/mol. The lowest BCUT2D eigenvalue weighted by Crippen LogP contribution is -2.54. The predicted octanol–water partition coefficient (Wildman–Crippen LogP) is 3.44. The Morgan fingerprint density at radius 2 is 1.76 bits per heavy atom. The van der Waals surface area contributed by atoms with Crippen molar-refractivity contribution >= 4 is 11.7 Å². The van der Waals surface area contributed by atoms with Gasteiger partial charge in [-0.15, -0.1) is 0 Å². The molecule has 0 saturated carbocycles. The second-order valence-electron chi connectivity index (χ2n) is 8.42. The first-order chi connectivity index (χ1) is 15.9. The number of piperazine rings is 1. The van der Waals surface area contributed by atoms with Crippen LogP contribution in [0.4, 0.5) is 23.7 Å². The standard InChI is InChI=1S/C24H29F3N4O2/c25-24(26,27)20-7-4-8-21(15-20)30-11-9-29(10-12-30)17-22-18-31(13-14-33-22)23(32)28-16-19-5-2-1-3-6-19/h1-8,15,22H,9-14,16-18H2,(H,28,32). The van der Waals surface area contributed by atoms with Crippen molar-refractivity contribution in [3.8, 4) is 0 Å². The molecule has 2 fully saturated rings. The fourth-order valence-corrected chi connectivity index (χ4v) is 4.26. The van der Waals surface area contributed by atoms with Gasteiger partial charge in [0.25, 0.3) is 0 Å². The van der Waals surface area contributed by atoms with E-state index < -0.39 is 11.7 Å². The Morgan fingerprint density at radius 1 is 1.00 bits per heavy atom. The maximum absolute atomic E-state index is 13.0. The number of benzene rings is 2. The van der Waals surface area contributed by atoms with Gasteiger partial charge >= 0.3 is 12.2 Å². The largest absolute Gasteiger partial charge is 0.416 e. The number of hydrogen-bond donors (Lipinski definition) is 1. The van der Waals surface area contributed by atoms with Gasteiger partial charge in [-0.2, -0.15) is 13.2 Å². The molecular formula is C24H29F3N4O2. The lowest BCUT2D eigenvalue weighted by atomic mass is 10.1. The molecule has 2 aromatic rings. The van der Waals surface area contributed by atoms with Crippen LogP contribution in [-0.4, -0.2) is 74.4 Å². The van der Waals surface area contributed by atoms with Gasteiger partial charge in [0, 0.05) is 58.0 Å². The molecule has 9 heteroatoms. The molecule has 1 atom stereocenters. The highest BCUT2D eigenvalue weighted by atomic mass is 19.4. The van der Waals surface area contributed by atoms with Crippen molar-refractivity contribution in [1.82, 2.24) is 15.1 Å². The number of hydrogen-bond acceptors (Lipinski definition) is 4. The number of morpholine rings is 1. The van der Waals surface area contributed by atoms with Crippen molar-refractivity contribution in [2.75, 3.05) is 57.3 Å². The van der Waals surface area contributed by atoms with E-state index in [9.17, 15) is 18.0 Å². The number of anilines is 1. The number of nitrogens with one attached hydrogen (secondary N) is 1. The molecule has 0 radical (unpaired) electrons. The van der Waals surface area contributed by atoms with Crippen molar-refractivity contribution in [2.24, 2.45) is 0 Å². The molecule has 2 saturated heterocycles. The van der Waals surface area contributed by atoms with E-state index in [-0.39, 0.29) is 12.1 Å². The molecule has 0 aromatic heterocycles. The van der Waals surface area contributed by atoms with Crippen LogP contribution in [0.5, 0.6) is 0 Å². The number of carbonyl (C=O) groups excluding carboxylic acids is 1. The monoisotopic (exact) mass is 462 g/mol. The van der Waals surface area contributed by atoms with E-state index in [1.807, 2.05) is 35.2 Å². The number of ether oxygens (including phenoxy) is 1. The van der Waals surface area contributed by atoms with Crippen molar-refractivity contribution in [1.29, 1.82) is 0 Å². The molecule has 2 aromatic carbocycles. The lowest BCUT2D eigenvalue weighted by Gasteiger charge is -2.40. The summed E-state index contributed by atoms with van der Waals surface area (Å²) in [5, 5.41) is 2.96. The third kappa shape index (κ3) is 6.39. The van der Waals surface area contributed by atoms with Crippen molar-refractivity contribution < 1.29 is 22.7 Å². The average Bonchev–Trinajstić information content (AvgIpc) is 2.83. The van der Waals surface area contributed by atoms with Crippen molar-refractivity contribution in [2.45, 2.75) is 18.8 Å². The van der Waals surface area contributed by atoms with Gasteiger partial charge in [0.2, 0.25) is 0 Å². The number of halogens is 3. The lowest BCUT2D eigenvalue weighted by molar-refractivity contribution is -0.137. The highest BCUT2D eigenvalue weighted by molar-refractivity contribution is 5.74. The van der Waals surface area contributed by atoms with E-state index in [1.54, 1.807) is 11.0 Å². The average molecular weight is 463 g/mol. The van der Waals surface area contributed by atoms with Crippen LogP contribution in [-0.2, 0) is 17.5 Å². The van der Waals surface area contributed by atoms with Crippen LogP contribution >= 0.6 is 0 Å². The molecule has 2 amide bonds. The zero-order chi connectivity index (χ0) is 23.3. The van der Waals surface area contributed by atoms with Gasteiger partial charge in [-0.25, -0.2) is 4.79 Å². The molecule has 2 heterocycles. The molecule has 1 N–H and O–H groups in total. The molecule has 4 rings (SSSR count). The third-order valence-electron chi connectivity index (χ3n) is 6.09. The van der Waals surface area contributed by atoms with Crippen LogP contribution in [0.3, 0.4) is 0 Å². The minimum atomic E-state index is -4.34. The molecule has 2 aliphatic heterocycles. The fraction of sp³-hybridized carbons (Fsp3) is 0.458. The zero-order valence-electron chi connectivity index (χ0n) is 18.4. The quantitative estimate of drug-likeness (QED) is 0.740. The minimum Gasteiger partial charge on any atom is -0.373 e. The fourth-order valence-electron chi connectivity index (χ4n) is 4.26. The van der Waals surface area contributed by atoms with E-state index in [2.05, 4.69) is 10.2 Å². The summed E-state index contributed by atoms with van der Waals surface area (Å²) in [6.07, 6.45) is -4.42. The maximum Gasteiger partial charge on any atom is 0.416 e. The second kappa shape index (κ2) is 10.4. The molecule has 1 unspecified atom stereocenters. The maximum atomic E-state index is 13.0. The number of amides is 2. The first kappa shape index (κ1) is 23.4. The normalized spacial score (nSPS) is 20.0. The van der Waals surface area contributed by atoms with Crippen molar-refractivity contribution in [3.63, 3.8) is 0 Å². The summed E-state index contributed by atoms with van der Waals surface area (Å²) in [5.74, 6) is 0. The number of nitrogens with zero attached hydrogens (tertiary/aromatic N) is 3. The van der Waals surface area contributed by atoms with E-state index >= 15 is 0 Å². The van der Waals surface area contributed by atoms with Gasteiger partial charge in [-0.05, 0) is 23.8 Å². The van der Waals surface area contributed by atoms with Crippen LogP contribution in [0.15, 0.2) is 54.6 Å². The van der Waals surface area contributed by atoms with E-state index in [0.29, 0.717) is 51.6 Å². The number of urea groups is 1. The molecule has 0 aliphatic carbocycles. The van der Waals surface area contributed by atoms with E-state index in [4.69, 9.17) is 4.74 Å². The minimum absolute atomic E-state index is 0.0821. The Kier molecular flexibility index (Phi) is 7.39. The third-order valence-corrected chi connectivity index (χ3v) is 6.09. The van der Waals surface area contributed by atoms with Crippen LogP contribution in [0.25, 0.3) is 0 Å². The molecule has 33 heavy (non-hydrogen) atoms. The Morgan fingerprint density at radius 3 is 2.48 bits per heavy atom. The molecular weight excluding hydrogens is 433 g/mol. The molecule has 2 aliphatic rings. The molecule has 0 bridgehead atoms. The van der Waals surface area contributed by atoms with E-state index in [1.165, 1.54) is 12.1 Å². The van der Waals surface area contributed by atoms with Gasteiger partial charge in [0.05, 0.1) is 18.3 Å². The first-order valence-electron chi connectivity index (χ1n) is 11.2. The van der Waals surface area contributed by atoms with Gasteiger partial charge in [-0.3, -0.25) is 4.90 Å². The van der Waals surface area contributed by atoms with Gasteiger partial charge in [-0.1, -0.05) is 36.4 Å². The Balaban J connectivity index is 1.23. The second-order valence-corrected chi connectivity index (χ2v) is 8.42. The first-order valence-corrected chi connectivity index (χ1v) is 11.2. The number of carbonyl (C=O) groups is 1.